The van der Waals surface area contributed by atoms with Gasteiger partial charge in [-0.15, -0.1) is 0 Å². The minimum absolute atomic E-state index is 0.0864. The van der Waals surface area contributed by atoms with Crippen LogP contribution in [-0.4, -0.2) is 33.2 Å². The molecule has 3 aromatic carbocycles. The summed E-state index contributed by atoms with van der Waals surface area (Å²) in [6.07, 6.45) is 3.53. The van der Waals surface area contributed by atoms with Gasteiger partial charge in [-0.3, -0.25) is 9.48 Å². The first-order chi connectivity index (χ1) is 17.7. The average molecular weight is 481 g/mol. The van der Waals surface area contributed by atoms with Crippen molar-refractivity contribution >= 4 is 11.6 Å². The van der Waals surface area contributed by atoms with E-state index in [1.165, 1.54) is 0 Å². The number of nitrogens with zero attached hydrogens (tertiary/aromatic N) is 3. The third-order valence-electron chi connectivity index (χ3n) is 6.56. The van der Waals surface area contributed by atoms with E-state index in [0.717, 1.165) is 41.1 Å². The molecule has 6 nitrogen and oxygen atoms in total. The van der Waals surface area contributed by atoms with E-state index >= 15 is 0 Å². The highest BCUT2D eigenvalue weighted by molar-refractivity contribution is 5.92. The van der Waals surface area contributed by atoms with Crippen LogP contribution in [0.1, 0.15) is 40.5 Å². The van der Waals surface area contributed by atoms with Gasteiger partial charge in [-0.1, -0.05) is 73.7 Å². The van der Waals surface area contributed by atoms with E-state index in [9.17, 15) is 4.79 Å². The number of carbonyl (C=O) groups excluding carboxylic acids is 1. The Morgan fingerprint density at radius 3 is 2.56 bits per heavy atom. The van der Waals surface area contributed by atoms with Gasteiger partial charge in [-0.25, -0.2) is 0 Å². The van der Waals surface area contributed by atoms with E-state index in [1.54, 1.807) is 0 Å². The fourth-order valence-electron chi connectivity index (χ4n) is 4.67. The fourth-order valence-corrected chi connectivity index (χ4v) is 4.67. The first kappa shape index (κ1) is 23.7. The molecule has 0 aliphatic carbocycles. The van der Waals surface area contributed by atoms with E-state index in [2.05, 4.69) is 47.7 Å². The predicted octanol–water partition coefficient (Wildman–Crippen LogP) is 5.55. The lowest BCUT2D eigenvalue weighted by molar-refractivity contribution is 0.0584. The van der Waals surface area contributed by atoms with Crippen molar-refractivity contribution in [3.05, 3.63) is 114 Å². The number of ether oxygens (including phenoxy) is 1. The van der Waals surface area contributed by atoms with Gasteiger partial charge in [0.1, 0.15) is 18.1 Å². The molecule has 1 N–H and O–H groups in total. The van der Waals surface area contributed by atoms with Crippen LogP contribution in [0.3, 0.4) is 0 Å². The number of hydrogen-bond acceptors (Lipinski definition) is 4. The van der Waals surface area contributed by atoms with Gasteiger partial charge in [0.25, 0.3) is 5.91 Å². The highest BCUT2D eigenvalue weighted by Gasteiger charge is 2.29. The van der Waals surface area contributed by atoms with Crippen LogP contribution in [0.4, 0.5) is 5.69 Å². The molecule has 0 saturated carbocycles. The summed E-state index contributed by atoms with van der Waals surface area (Å²) in [5, 5.41) is 8.16. The molecule has 0 unspecified atom stereocenters. The molecule has 1 atom stereocenters. The lowest BCUT2D eigenvalue weighted by atomic mass is 10.0. The largest absolute Gasteiger partial charge is 0.491 e. The van der Waals surface area contributed by atoms with E-state index in [1.807, 2.05) is 70.4 Å². The second-order valence-electron chi connectivity index (χ2n) is 9.17. The maximum absolute atomic E-state index is 14.0. The molecule has 36 heavy (non-hydrogen) atoms. The zero-order valence-corrected chi connectivity index (χ0v) is 20.6. The van der Waals surface area contributed by atoms with Crippen molar-refractivity contribution in [1.82, 2.24) is 14.7 Å². The van der Waals surface area contributed by atoms with Gasteiger partial charge in [0.15, 0.2) is 0 Å². The number of hydrogen-bond donors (Lipinski definition) is 1. The smallest absolute Gasteiger partial charge is 0.275 e. The number of carbonyl (C=O) groups is 1. The van der Waals surface area contributed by atoms with Crippen LogP contribution in [0.2, 0.25) is 0 Å². The van der Waals surface area contributed by atoms with Crippen molar-refractivity contribution < 1.29 is 9.53 Å². The van der Waals surface area contributed by atoms with Gasteiger partial charge in [0.05, 0.1) is 6.04 Å². The van der Waals surface area contributed by atoms with Gasteiger partial charge in [0.2, 0.25) is 0 Å². The van der Waals surface area contributed by atoms with Gasteiger partial charge in [0, 0.05) is 37.1 Å². The van der Waals surface area contributed by atoms with Crippen LogP contribution in [0.15, 0.2) is 91.1 Å². The Morgan fingerprint density at radius 1 is 0.972 bits per heavy atom. The molecule has 1 aliphatic heterocycles. The number of aromatic nitrogens is 2. The molecule has 6 heteroatoms. The molecule has 1 aromatic heterocycles. The summed E-state index contributed by atoms with van der Waals surface area (Å²) < 4.78 is 8.25. The summed E-state index contributed by atoms with van der Waals surface area (Å²) in [4.78, 5) is 15.9. The van der Waals surface area contributed by atoms with Crippen LogP contribution >= 0.6 is 0 Å². The number of rotatable bonds is 5. The molecule has 0 radical (unpaired) electrons. The molecule has 1 aliphatic rings. The van der Waals surface area contributed by atoms with Crippen molar-refractivity contribution in [1.29, 1.82) is 0 Å². The second-order valence-corrected chi connectivity index (χ2v) is 9.17. The minimum Gasteiger partial charge on any atom is -0.491 e. The Morgan fingerprint density at radius 2 is 1.72 bits per heavy atom. The average Bonchev–Trinajstić information content (AvgIpc) is 3.37. The lowest BCUT2D eigenvalue weighted by Gasteiger charge is -2.32. The summed E-state index contributed by atoms with van der Waals surface area (Å²) in [5.41, 5.74) is 4.79. The van der Waals surface area contributed by atoms with Gasteiger partial charge in [-0.05, 0) is 42.2 Å². The number of nitrogens with one attached hydrogen (secondary N) is 1. The van der Waals surface area contributed by atoms with Crippen molar-refractivity contribution in [3.63, 3.8) is 0 Å². The fraction of sp³-hybridized carbons (Fsp3) is 0.267. The van der Waals surface area contributed by atoms with E-state index in [4.69, 9.17) is 4.74 Å². The van der Waals surface area contributed by atoms with Crippen LogP contribution < -0.4 is 10.1 Å². The van der Waals surface area contributed by atoms with Crippen LogP contribution in [0.5, 0.6) is 5.75 Å². The molecular formula is C30H32N4O2. The van der Waals surface area contributed by atoms with Crippen molar-refractivity contribution in [2.45, 2.75) is 45.4 Å². The molecule has 0 fully saturated rings. The van der Waals surface area contributed by atoms with Crippen LogP contribution in [-0.2, 0) is 26.1 Å². The first-order valence-corrected chi connectivity index (χ1v) is 12.6. The first-order valence-electron chi connectivity index (χ1n) is 12.6. The predicted molar refractivity (Wildman–Crippen MR) is 142 cm³/mol. The molecule has 2 heterocycles. The molecule has 4 aromatic rings. The number of aryl methyl sites for hydroxylation is 1. The Kier molecular flexibility index (Phi) is 7.31. The van der Waals surface area contributed by atoms with Gasteiger partial charge in [-0.2, -0.15) is 5.10 Å². The van der Waals surface area contributed by atoms with Crippen molar-refractivity contribution in [2.75, 3.05) is 11.9 Å². The summed E-state index contributed by atoms with van der Waals surface area (Å²) >= 11 is 0. The van der Waals surface area contributed by atoms with E-state index < -0.39 is 0 Å². The van der Waals surface area contributed by atoms with Crippen LogP contribution in [0, 0.1) is 0 Å². The summed E-state index contributed by atoms with van der Waals surface area (Å²) in [6.45, 7) is 4.38. The monoisotopic (exact) mass is 480 g/mol. The number of amides is 1. The van der Waals surface area contributed by atoms with Crippen LogP contribution in [0.25, 0.3) is 0 Å². The second kappa shape index (κ2) is 11.1. The zero-order chi connectivity index (χ0) is 24.7. The van der Waals surface area contributed by atoms with Gasteiger partial charge < -0.3 is 15.0 Å². The number of fused-ring (bicyclic) bond motifs is 2. The zero-order valence-electron chi connectivity index (χ0n) is 20.6. The molecule has 184 valence electrons. The molecule has 0 bridgehead atoms. The Bertz CT molecular complexity index is 1300. The molecular weight excluding hydrogens is 448 g/mol. The Labute approximate surface area is 212 Å². The maximum atomic E-state index is 14.0. The molecule has 0 saturated heterocycles. The minimum atomic E-state index is -0.185. The summed E-state index contributed by atoms with van der Waals surface area (Å²) in [7, 11) is 0. The third-order valence-corrected chi connectivity index (χ3v) is 6.56. The summed E-state index contributed by atoms with van der Waals surface area (Å²) in [5.74, 6) is 0.749. The maximum Gasteiger partial charge on any atom is 0.275 e. The summed E-state index contributed by atoms with van der Waals surface area (Å²) in [6, 6.07) is 28.2. The lowest BCUT2D eigenvalue weighted by Crippen LogP contribution is -2.45. The van der Waals surface area contributed by atoms with E-state index in [0.29, 0.717) is 31.8 Å². The topological polar surface area (TPSA) is 59.4 Å². The molecule has 5 rings (SSSR count). The van der Waals surface area contributed by atoms with E-state index in [-0.39, 0.29) is 11.9 Å². The van der Waals surface area contributed by atoms with Crippen molar-refractivity contribution in [3.8, 4) is 5.75 Å². The standard InChI is InChI=1S/C30H32N4O2/c1-2-17-33-18-16-28(32-33)30(35)34-21-25-13-6-8-14-27(25)31-20-24-12-7-9-15-29(24)36-22-26(34)19-23-10-4-3-5-11-23/h3-16,18,26,31H,2,17,19-22H2,1H3/t26-/m0/s1. The highest BCUT2D eigenvalue weighted by atomic mass is 16.5. The van der Waals surface area contributed by atoms with Crippen molar-refractivity contribution in [2.24, 2.45) is 0 Å². The SMILES string of the molecule is CCCn1ccc(C(=O)N2Cc3ccccc3NCc3ccccc3OC[C@@H]2Cc2ccccc2)n1. The Hall–Kier alpha value is -4.06. The normalized spacial score (nSPS) is 15.6. The quantitative estimate of drug-likeness (QED) is 0.407. The Balaban J connectivity index is 1.56. The number of para-hydroxylation sites is 2. The molecule has 1 amide bonds. The molecule has 0 spiro atoms. The van der Waals surface area contributed by atoms with Gasteiger partial charge >= 0.3 is 0 Å². The third kappa shape index (κ3) is 5.43. The number of anilines is 1. The number of benzene rings is 3. The highest BCUT2D eigenvalue weighted by Crippen LogP contribution is 2.26.